The molecule has 292 valence electrons. The number of guanidine groups is 1. The molecule has 0 radical (unpaired) electrons. The van der Waals surface area contributed by atoms with Crippen molar-refractivity contribution in [2.24, 2.45) is 45.5 Å². The lowest BCUT2D eigenvalue weighted by Crippen LogP contribution is -2.54. The Morgan fingerprint density at radius 3 is 2.71 bits per heavy atom. The molecule has 51 heavy (non-hydrogen) atoms. The Morgan fingerprint density at radius 2 is 1.88 bits per heavy atom. The second kappa shape index (κ2) is 20.4. The number of hydrogen-bond acceptors (Lipinski definition) is 13. The first kappa shape index (κ1) is 40.9. The average molecular weight is 755 g/mol. The molecule has 0 aromatic heterocycles. The molecule has 7 unspecified atom stereocenters. The number of rotatable bonds is 3. The number of aliphatic hydroxyl groups excluding tert-OH is 2. The average Bonchev–Trinajstić information content (AvgIpc) is 3.39. The number of ether oxygens (including phenoxy) is 2. The molecule has 8 N–H and O–H groups in total. The van der Waals surface area contributed by atoms with Gasteiger partial charge in [-0.25, -0.2) is 4.99 Å². The quantitative estimate of drug-likeness (QED) is 0.182. The van der Waals surface area contributed by atoms with Crippen LogP contribution >= 0.6 is 21.6 Å². The van der Waals surface area contributed by atoms with E-state index in [1.54, 1.807) is 10.8 Å². The second-order valence-corrected chi connectivity index (χ2v) is 18.7. The van der Waals surface area contributed by atoms with E-state index in [1.165, 1.54) is 6.92 Å². The van der Waals surface area contributed by atoms with Gasteiger partial charge in [0.15, 0.2) is 5.96 Å². The Balaban J connectivity index is 1.32. The molecule has 4 heterocycles. The molecule has 0 aromatic rings. The van der Waals surface area contributed by atoms with Gasteiger partial charge in [0, 0.05) is 57.7 Å². The van der Waals surface area contributed by atoms with Crippen molar-refractivity contribution in [1.29, 1.82) is 0 Å². The summed E-state index contributed by atoms with van der Waals surface area (Å²) >= 11 is 0. The van der Waals surface area contributed by atoms with Crippen LogP contribution in [0, 0.1) is 29.1 Å². The minimum atomic E-state index is -0.636. The molecule has 4 aliphatic heterocycles. The summed E-state index contributed by atoms with van der Waals surface area (Å²) in [5.74, 6) is 2.75. The van der Waals surface area contributed by atoms with Crippen molar-refractivity contribution >= 4 is 39.4 Å². The molecule has 5 aliphatic rings. The molecule has 3 saturated heterocycles. The molecule has 1 aliphatic carbocycles. The summed E-state index contributed by atoms with van der Waals surface area (Å²) in [4.78, 5) is 32.5. The maximum atomic E-state index is 13.9. The number of aliphatic imine (C=N–C) groups is 1. The van der Waals surface area contributed by atoms with Crippen molar-refractivity contribution in [3.8, 4) is 0 Å². The first-order valence-corrected chi connectivity index (χ1v) is 22.3. The fourth-order valence-corrected chi connectivity index (χ4v) is 11.5. The Hall–Kier alpha value is -1.29. The number of piperidine rings is 1. The third kappa shape index (κ3) is 12.6. The number of nitrogens with one attached hydrogen (secondary N) is 2. The zero-order valence-electron chi connectivity index (χ0n) is 30.9. The van der Waals surface area contributed by atoms with Gasteiger partial charge in [0.2, 0.25) is 5.91 Å². The lowest BCUT2D eigenvalue weighted by atomic mass is 9.66. The number of carbonyl (C=O) groups is 2. The van der Waals surface area contributed by atoms with E-state index < -0.39 is 12.2 Å². The van der Waals surface area contributed by atoms with Crippen LogP contribution in [0.4, 0.5) is 0 Å². The van der Waals surface area contributed by atoms with E-state index in [0.717, 1.165) is 89.3 Å². The van der Waals surface area contributed by atoms with Gasteiger partial charge in [0.25, 0.3) is 0 Å². The summed E-state index contributed by atoms with van der Waals surface area (Å²) in [5, 5.41) is 29.4. The van der Waals surface area contributed by atoms with E-state index in [-0.39, 0.29) is 53.4 Å². The molecule has 0 aromatic carbocycles. The summed E-state index contributed by atoms with van der Waals surface area (Å²) in [6.07, 6.45) is 12.1. The number of nitrogens with two attached hydrogens (primary N) is 2. The minimum absolute atomic E-state index is 0.0189. The molecule has 14 heteroatoms. The molecular formula is C37H66N6O6S2. The largest absolute Gasteiger partial charge is 0.462 e. The number of aliphatic hydroxyl groups is 2. The van der Waals surface area contributed by atoms with Gasteiger partial charge < -0.3 is 46.7 Å². The van der Waals surface area contributed by atoms with Crippen LogP contribution in [0.25, 0.3) is 0 Å². The summed E-state index contributed by atoms with van der Waals surface area (Å²) in [5.41, 5.74) is 12.4. The van der Waals surface area contributed by atoms with Crippen LogP contribution in [-0.2, 0) is 19.1 Å². The van der Waals surface area contributed by atoms with Crippen molar-refractivity contribution in [3.63, 3.8) is 0 Å². The highest BCUT2D eigenvalue weighted by molar-refractivity contribution is 8.76. The van der Waals surface area contributed by atoms with Crippen LogP contribution in [-0.4, -0.2) is 108 Å². The Kier molecular flexibility index (Phi) is 16.4. The van der Waals surface area contributed by atoms with Gasteiger partial charge in [0.05, 0.1) is 30.4 Å². The van der Waals surface area contributed by atoms with E-state index in [1.807, 2.05) is 15.7 Å². The summed E-state index contributed by atoms with van der Waals surface area (Å²) in [6.45, 7) is 4.79. The molecule has 4 bridgehead atoms. The van der Waals surface area contributed by atoms with Gasteiger partial charge in [-0.15, -0.1) is 0 Å². The predicted octanol–water partition coefficient (Wildman–Crippen LogP) is 3.73. The first-order valence-electron chi connectivity index (χ1n) is 19.8. The third-order valence-corrected chi connectivity index (χ3v) is 14.3. The Morgan fingerprint density at radius 1 is 1.04 bits per heavy atom. The molecular weight excluding hydrogens is 689 g/mol. The third-order valence-electron chi connectivity index (χ3n) is 12.1. The zero-order valence-corrected chi connectivity index (χ0v) is 32.5. The number of esters is 1. The number of amides is 1. The molecule has 1 amide bonds. The smallest absolute Gasteiger partial charge is 0.302 e. The van der Waals surface area contributed by atoms with Crippen LogP contribution in [0.1, 0.15) is 110 Å². The first-order chi connectivity index (χ1) is 24.6. The highest BCUT2D eigenvalue weighted by atomic mass is 33.1. The number of nitrogens with zero attached hydrogens (tertiary/aromatic N) is 2. The van der Waals surface area contributed by atoms with E-state index >= 15 is 0 Å². The SMILES string of the molecule is CC(=O)O[C@H]1CCC2CC(CN3C[C@](CC4CCNC(N)C4)(CCNC(N)=NCSSCCCCCC[C@H](O)C1)CC3=O)C(O)C1OCCCC21. The maximum Gasteiger partial charge on any atom is 0.302 e. The van der Waals surface area contributed by atoms with Crippen LogP contribution in [0.15, 0.2) is 4.99 Å². The highest BCUT2D eigenvalue weighted by Gasteiger charge is 2.49. The van der Waals surface area contributed by atoms with E-state index in [2.05, 4.69) is 15.6 Å². The fourth-order valence-electron chi connectivity index (χ4n) is 9.72. The molecule has 10 atom stereocenters. The van der Waals surface area contributed by atoms with Gasteiger partial charge >= 0.3 is 5.97 Å². The topological polar surface area (TPSA) is 185 Å². The van der Waals surface area contributed by atoms with E-state index in [4.69, 9.17) is 20.9 Å². The van der Waals surface area contributed by atoms with Gasteiger partial charge in [-0.2, -0.15) is 0 Å². The minimum Gasteiger partial charge on any atom is -0.462 e. The normalized spacial score (nSPS) is 38.9. The Labute approximate surface area is 313 Å². The van der Waals surface area contributed by atoms with Crippen molar-refractivity contribution in [2.75, 3.05) is 44.4 Å². The molecule has 1 saturated carbocycles. The molecule has 0 spiro atoms. The van der Waals surface area contributed by atoms with Crippen LogP contribution < -0.4 is 22.1 Å². The molecule has 4 fully saturated rings. The molecule has 5 rings (SSSR count). The van der Waals surface area contributed by atoms with Crippen LogP contribution in [0.2, 0.25) is 0 Å². The summed E-state index contributed by atoms with van der Waals surface area (Å²) in [6, 6.07) is 0. The van der Waals surface area contributed by atoms with Gasteiger partial charge in [-0.1, -0.05) is 40.9 Å². The van der Waals surface area contributed by atoms with Crippen LogP contribution in [0.3, 0.4) is 0 Å². The van der Waals surface area contributed by atoms with Crippen molar-refractivity contribution in [3.05, 3.63) is 0 Å². The highest BCUT2D eigenvalue weighted by Crippen LogP contribution is 2.46. The number of hydrogen-bond donors (Lipinski definition) is 6. The lowest BCUT2D eigenvalue weighted by molar-refractivity contribution is -0.162. The van der Waals surface area contributed by atoms with Gasteiger partial charge in [-0.05, 0) is 100 Å². The lowest BCUT2D eigenvalue weighted by Gasteiger charge is -2.48. The second-order valence-electron chi connectivity index (χ2n) is 16.2. The summed E-state index contributed by atoms with van der Waals surface area (Å²) in [7, 11) is 3.51. The maximum absolute atomic E-state index is 13.9. The predicted molar refractivity (Wildman–Crippen MR) is 205 cm³/mol. The van der Waals surface area contributed by atoms with Gasteiger partial charge in [-0.3, -0.25) is 9.59 Å². The van der Waals surface area contributed by atoms with Crippen molar-refractivity contribution in [1.82, 2.24) is 15.5 Å². The summed E-state index contributed by atoms with van der Waals surface area (Å²) < 4.78 is 12.0. The zero-order chi connectivity index (χ0) is 36.2. The monoisotopic (exact) mass is 754 g/mol. The van der Waals surface area contributed by atoms with Crippen molar-refractivity contribution in [2.45, 2.75) is 140 Å². The van der Waals surface area contributed by atoms with Crippen molar-refractivity contribution < 1.29 is 29.3 Å². The van der Waals surface area contributed by atoms with Gasteiger partial charge in [0.1, 0.15) is 6.10 Å². The molecule has 12 nitrogen and oxygen atoms in total. The Bertz CT molecular complexity index is 1140. The fraction of sp³-hybridized carbons (Fsp3) is 0.919. The van der Waals surface area contributed by atoms with E-state index in [0.29, 0.717) is 69.7 Å². The van der Waals surface area contributed by atoms with Crippen LogP contribution in [0.5, 0.6) is 0 Å². The standard InChI is InChI=1S/C37H66N6O6S2/c1-25(44)49-30-10-9-27-18-28(34(47)35-31(27)8-6-15-48-35)22-43-23-37(21-33(43)46,20-26-11-13-40-32(38)17-26)12-14-41-36(39)42-24-51-50-16-5-3-2-4-7-29(45)19-30/h26-32,34-35,40,45,47H,2-24,38H2,1H3,(H3,39,41,42)/t26?,27?,28?,29-,30-,31?,32?,34?,35?,37-/m0/s1. The van der Waals surface area contributed by atoms with E-state index in [9.17, 15) is 19.8 Å². The number of carbonyl (C=O) groups excluding carboxylic acids is 2. The number of fused-ring (bicyclic) bond motifs is 6.